The first-order valence-electron chi connectivity index (χ1n) is 8.78. The Morgan fingerprint density at radius 1 is 1.00 bits per heavy atom. The van der Waals surface area contributed by atoms with E-state index in [1.54, 1.807) is 11.3 Å². The van der Waals surface area contributed by atoms with Crippen LogP contribution < -0.4 is 4.78 Å². The lowest BCUT2D eigenvalue weighted by Gasteiger charge is -2.32. The number of unbranched alkanes of at least 4 members (excludes halogenated alkanes) is 3. The number of thiophene rings is 1. The molecule has 126 valence electrons. The van der Waals surface area contributed by atoms with Gasteiger partial charge in [-0.25, -0.2) is 0 Å². The van der Waals surface area contributed by atoms with Crippen LogP contribution in [0.25, 0.3) is 0 Å². The van der Waals surface area contributed by atoms with Crippen LogP contribution in [-0.4, -0.2) is 18.3 Å². The van der Waals surface area contributed by atoms with E-state index in [4.69, 9.17) is 9.31 Å². The molecule has 0 spiro atoms. The third-order valence-corrected chi connectivity index (χ3v) is 5.48. The van der Waals surface area contributed by atoms with Crippen LogP contribution in [-0.2, 0) is 15.7 Å². The van der Waals surface area contributed by atoms with Gasteiger partial charge >= 0.3 is 7.12 Å². The summed E-state index contributed by atoms with van der Waals surface area (Å²) in [5.41, 5.74) is 0.933. The van der Waals surface area contributed by atoms with Crippen LogP contribution in [0.1, 0.15) is 79.7 Å². The summed E-state index contributed by atoms with van der Waals surface area (Å²) in [4.78, 5) is 0. The molecule has 2 rings (SSSR count). The highest BCUT2D eigenvalue weighted by Gasteiger charge is 2.52. The minimum Gasteiger partial charge on any atom is -0.399 e. The Labute approximate surface area is 141 Å². The van der Waals surface area contributed by atoms with Crippen molar-refractivity contribution in [3.8, 4) is 0 Å². The molecule has 0 atom stereocenters. The topological polar surface area (TPSA) is 18.5 Å². The van der Waals surface area contributed by atoms with Crippen molar-refractivity contribution in [3.63, 3.8) is 0 Å². The maximum absolute atomic E-state index is 6.09. The van der Waals surface area contributed by atoms with Crippen molar-refractivity contribution in [1.29, 1.82) is 0 Å². The van der Waals surface area contributed by atoms with E-state index in [2.05, 4.69) is 46.1 Å². The largest absolute Gasteiger partial charge is 0.505 e. The predicted molar refractivity (Wildman–Crippen MR) is 99.2 cm³/mol. The van der Waals surface area contributed by atoms with Gasteiger partial charge in [0.1, 0.15) is 0 Å². The second kappa shape index (κ2) is 8.51. The monoisotopic (exact) mass is 324 g/mol. The third-order valence-electron chi connectivity index (χ3n) is 4.48. The quantitative estimate of drug-likeness (QED) is 0.529. The summed E-state index contributed by atoms with van der Waals surface area (Å²) in [6, 6.07) is 2.26. The third kappa shape index (κ3) is 4.84. The molecule has 1 saturated heterocycles. The molecular weight excluding hydrogens is 291 g/mol. The maximum Gasteiger partial charge on any atom is 0.505 e. The zero-order chi connectivity index (χ0) is 16.8. The van der Waals surface area contributed by atoms with E-state index in [1.165, 1.54) is 42.4 Å². The van der Waals surface area contributed by atoms with Crippen molar-refractivity contribution in [2.45, 2.75) is 91.8 Å². The van der Waals surface area contributed by atoms with Gasteiger partial charge in [-0.2, -0.15) is 11.3 Å². The Kier molecular flexibility index (Phi) is 7.63. The fourth-order valence-electron chi connectivity index (χ4n) is 2.36. The van der Waals surface area contributed by atoms with Gasteiger partial charge in [0.25, 0.3) is 0 Å². The number of hydrogen-bond acceptors (Lipinski definition) is 3. The Hall–Kier alpha value is -0.315. The van der Waals surface area contributed by atoms with Crippen molar-refractivity contribution in [2.24, 2.45) is 0 Å². The molecule has 0 bridgehead atoms. The summed E-state index contributed by atoms with van der Waals surface area (Å²) < 4.78 is 13.4. The van der Waals surface area contributed by atoms with E-state index in [-0.39, 0.29) is 18.3 Å². The standard InChI is InChI=1S/C16H27BO2S.C2H6/c1-6-7-8-9-10-13-11-14(20-12-13)17-18-15(2,3)16(4,5)19-17;1-2/h11-12H,6-10H2,1-5H3;1-2H3. The van der Waals surface area contributed by atoms with Gasteiger partial charge in [-0.1, -0.05) is 40.0 Å². The molecule has 0 N–H and O–H groups in total. The Bertz CT molecular complexity index is 424. The predicted octanol–water partition coefficient (Wildman–Crippen LogP) is 5.20. The normalized spacial score (nSPS) is 19.0. The zero-order valence-corrected chi connectivity index (χ0v) is 16.3. The summed E-state index contributed by atoms with van der Waals surface area (Å²) in [7, 11) is -0.200. The summed E-state index contributed by atoms with van der Waals surface area (Å²) in [6.07, 6.45) is 6.43. The average molecular weight is 324 g/mol. The minimum absolute atomic E-state index is 0.200. The molecule has 0 amide bonds. The first-order chi connectivity index (χ1) is 10.4. The van der Waals surface area contributed by atoms with Crippen LogP contribution in [0.15, 0.2) is 11.4 Å². The van der Waals surface area contributed by atoms with E-state index in [9.17, 15) is 0 Å². The molecule has 2 nitrogen and oxygen atoms in total. The molecule has 4 heteroatoms. The van der Waals surface area contributed by atoms with Crippen LogP contribution >= 0.6 is 11.3 Å². The van der Waals surface area contributed by atoms with Crippen molar-refractivity contribution in [2.75, 3.05) is 0 Å². The second-order valence-corrected chi connectivity index (χ2v) is 7.70. The van der Waals surface area contributed by atoms with E-state index in [0.29, 0.717) is 0 Å². The maximum atomic E-state index is 6.09. The summed E-state index contributed by atoms with van der Waals surface area (Å²) >= 11 is 1.76. The minimum atomic E-state index is -0.247. The zero-order valence-electron chi connectivity index (χ0n) is 15.5. The average Bonchev–Trinajstić information content (AvgIpc) is 3.00. The van der Waals surface area contributed by atoms with E-state index in [1.807, 2.05) is 13.8 Å². The van der Waals surface area contributed by atoms with Crippen LogP contribution in [0, 0.1) is 0 Å². The lowest BCUT2D eigenvalue weighted by molar-refractivity contribution is 0.00578. The Morgan fingerprint density at radius 2 is 1.59 bits per heavy atom. The van der Waals surface area contributed by atoms with Crippen LogP contribution in [0.5, 0.6) is 0 Å². The van der Waals surface area contributed by atoms with Crippen molar-refractivity contribution < 1.29 is 9.31 Å². The molecule has 22 heavy (non-hydrogen) atoms. The van der Waals surface area contributed by atoms with E-state index in [0.717, 1.165) is 0 Å². The summed E-state index contributed by atoms with van der Waals surface area (Å²) in [5.74, 6) is 0. The Balaban J connectivity index is 0.00000116. The SMILES string of the molecule is CC.CCCCCCc1csc(B2OC(C)(C)C(C)(C)O2)c1. The second-order valence-electron chi connectivity index (χ2n) is 6.76. The molecule has 0 aliphatic carbocycles. The smallest absolute Gasteiger partial charge is 0.399 e. The fraction of sp³-hybridized carbons (Fsp3) is 0.778. The van der Waals surface area contributed by atoms with Gasteiger partial charge in [-0.05, 0) is 57.5 Å². The molecule has 0 radical (unpaired) electrons. The molecule has 1 aromatic rings. The molecular formula is C18H33BO2S. The van der Waals surface area contributed by atoms with Gasteiger partial charge in [0.2, 0.25) is 0 Å². The lowest BCUT2D eigenvalue weighted by Crippen LogP contribution is -2.41. The van der Waals surface area contributed by atoms with Gasteiger partial charge < -0.3 is 9.31 Å². The summed E-state index contributed by atoms with van der Waals surface area (Å²) in [6.45, 7) is 14.7. The highest BCUT2D eigenvalue weighted by Crippen LogP contribution is 2.36. The number of rotatable bonds is 6. The van der Waals surface area contributed by atoms with Gasteiger partial charge in [0.05, 0.1) is 11.2 Å². The van der Waals surface area contributed by atoms with E-state index >= 15 is 0 Å². The van der Waals surface area contributed by atoms with E-state index < -0.39 is 0 Å². The fourth-order valence-corrected chi connectivity index (χ4v) is 3.26. The molecule has 1 aliphatic rings. The number of aryl methyl sites for hydroxylation is 1. The van der Waals surface area contributed by atoms with Crippen LogP contribution in [0.3, 0.4) is 0 Å². The molecule has 0 aromatic carbocycles. The first-order valence-corrected chi connectivity index (χ1v) is 9.66. The van der Waals surface area contributed by atoms with Crippen molar-refractivity contribution in [1.82, 2.24) is 0 Å². The molecule has 2 heterocycles. The lowest BCUT2D eigenvalue weighted by atomic mass is 9.87. The Morgan fingerprint density at radius 3 is 2.14 bits per heavy atom. The molecule has 1 aliphatic heterocycles. The van der Waals surface area contributed by atoms with Gasteiger partial charge in [-0.3, -0.25) is 0 Å². The van der Waals surface area contributed by atoms with Crippen molar-refractivity contribution >= 4 is 23.2 Å². The highest BCUT2D eigenvalue weighted by atomic mass is 32.1. The first kappa shape index (κ1) is 19.7. The number of hydrogen-bond donors (Lipinski definition) is 0. The molecule has 1 fully saturated rings. The highest BCUT2D eigenvalue weighted by molar-refractivity contribution is 7.20. The van der Waals surface area contributed by atoms with Gasteiger partial charge in [0, 0.05) is 4.78 Å². The van der Waals surface area contributed by atoms with Gasteiger partial charge in [-0.15, -0.1) is 0 Å². The van der Waals surface area contributed by atoms with Crippen LogP contribution in [0.4, 0.5) is 0 Å². The van der Waals surface area contributed by atoms with Crippen molar-refractivity contribution in [3.05, 3.63) is 17.0 Å². The molecule has 0 unspecified atom stereocenters. The van der Waals surface area contributed by atoms with Gasteiger partial charge in [0.15, 0.2) is 0 Å². The molecule has 0 saturated carbocycles. The van der Waals surface area contributed by atoms with Crippen LogP contribution in [0.2, 0.25) is 0 Å². The molecule has 1 aromatic heterocycles. The summed E-state index contributed by atoms with van der Waals surface area (Å²) in [5, 5.41) is 2.26.